The van der Waals surface area contributed by atoms with E-state index in [1.807, 2.05) is 24.3 Å². The summed E-state index contributed by atoms with van der Waals surface area (Å²) in [4.78, 5) is 4.47. The van der Waals surface area contributed by atoms with Crippen LogP contribution in [-0.4, -0.2) is 29.5 Å². The molecule has 122 valence electrons. The fourth-order valence-electron chi connectivity index (χ4n) is 3.01. The highest BCUT2D eigenvalue weighted by atomic mass is 16.5. The van der Waals surface area contributed by atoms with Crippen LogP contribution in [0.4, 0.5) is 0 Å². The van der Waals surface area contributed by atoms with Crippen LogP contribution in [0.15, 0.2) is 28.8 Å². The highest BCUT2D eigenvalue weighted by Crippen LogP contribution is 2.37. The van der Waals surface area contributed by atoms with Crippen molar-refractivity contribution in [1.29, 1.82) is 0 Å². The van der Waals surface area contributed by atoms with Crippen molar-refractivity contribution in [3.05, 3.63) is 30.1 Å². The van der Waals surface area contributed by atoms with Gasteiger partial charge in [0.25, 0.3) is 5.89 Å². The summed E-state index contributed by atoms with van der Waals surface area (Å²) in [6.07, 6.45) is 5.31. The molecule has 2 aliphatic rings. The highest BCUT2D eigenvalue weighted by molar-refractivity contribution is 5.55. The number of rotatable bonds is 5. The quantitative estimate of drug-likeness (QED) is 0.913. The van der Waals surface area contributed by atoms with Crippen molar-refractivity contribution >= 4 is 0 Å². The molecule has 0 spiro atoms. The molecule has 0 bridgehead atoms. The molecule has 1 atom stereocenters. The second-order valence-electron chi connectivity index (χ2n) is 6.41. The summed E-state index contributed by atoms with van der Waals surface area (Å²) < 4.78 is 16.8. The second-order valence-corrected chi connectivity index (χ2v) is 6.41. The number of nitrogens with two attached hydrogens (primary N) is 1. The van der Waals surface area contributed by atoms with Crippen molar-refractivity contribution in [3.8, 4) is 17.2 Å². The summed E-state index contributed by atoms with van der Waals surface area (Å²) in [6.45, 7) is 1.41. The molecular weight excluding hydrogens is 294 g/mol. The molecule has 2 N–H and O–H groups in total. The van der Waals surface area contributed by atoms with Crippen molar-refractivity contribution in [2.45, 2.75) is 43.7 Å². The lowest BCUT2D eigenvalue weighted by molar-refractivity contribution is 0.0680. The van der Waals surface area contributed by atoms with Crippen molar-refractivity contribution < 1.29 is 14.0 Å². The maximum absolute atomic E-state index is 6.24. The molecule has 1 saturated heterocycles. The van der Waals surface area contributed by atoms with Crippen LogP contribution in [0.1, 0.15) is 37.9 Å². The Labute approximate surface area is 135 Å². The molecule has 2 heterocycles. The lowest BCUT2D eigenvalue weighted by Gasteiger charge is -2.34. The van der Waals surface area contributed by atoms with Gasteiger partial charge < -0.3 is 19.7 Å². The minimum atomic E-state index is -0.407. The number of ether oxygens (including phenoxy) is 2. The van der Waals surface area contributed by atoms with Gasteiger partial charge in [-0.3, -0.25) is 0 Å². The van der Waals surface area contributed by atoms with Crippen LogP contribution in [0.25, 0.3) is 11.5 Å². The van der Waals surface area contributed by atoms with Gasteiger partial charge in [-0.2, -0.15) is 4.98 Å². The van der Waals surface area contributed by atoms with Crippen LogP contribution in [0.3, 0.4) is 0 Å². The van der Waals surface area contributed by atoms with Crippen LogP contribution in [0, 0.1) is 0 Å². The van der Waals surface area contributed by atoms with Crippen LogP contribution in [-0.2, 0) is 10.3 Å². The fourth-order valence-corrected chi connectivity index (χ4v) is 3.01. The third-order valence-corrected chi connectivity index (χ3v) is 4.66. The maximum Gasteiger partial charge on any atom is 0.258 e. The SMILES string of the molecule is NC1(c2noc(-c3cccc(OCC4CCCO4)c3)n2)CCC1. The molecule has 1 saturated carbocycles. The fraction of sp³-hybridized carbons (Fsp3) is 0.529. The number of aromatic nitrogens is 2. The van der Waals surface area contributed by atoms with E-state index in [2.05, 4.69) is 10.1 Å². The minimum Gasteiger partial charge on any atom is -0.491 e. The summed E-state index contributed by atoms with van der Waals surface area (Å²) in [5.41, 5.74) is 6.68. The van der Waals surface area contributed by atoms with Crippen molar-refractivity contribution in [2.24, 2.45) is 5.73 Å². The number of hydrogen-bond acceptors (Lipinski definition) is 6. The van der Waals surface area contributed by atoms with Gasteiger partial charge in [0.15, 0.2) is 5.82 Å². The number of benzene rings is 1. The van der Waals surface area contributed by atoms with Gasteiger partial charge in [-0.25, -0.2) is 0 Å². The van der Waals surface area contributed by atoms with E-state index in [4.69, 9.17) is 19.7 Å². The molecule has 2 fully saturated rings. The van der Waals surface area contributed by atoms with Crippen molar-refractivity contribution in [2.75, 3.05) is 13.2 Å². The predicted octanol–water partition coefficient (Wildman–Crippen LogP) is 2.63. The van der Waals surface area contributed by atoms with Gasteiger partial charge in [-0.15, -0.1) is 0 Å². The largest absolute Gasteiger partial charge is 0.491 e. The first-order chi connectivity index (χ1) is 11.2. The maximum atomic E-state index is 6.24. The zero-order valence-electron chi connectivity index (χ0n) is 13.0. The van der Waals surface area contributed by atoms with E-state index < -0.39 is 5.54 Å². The lowest BCUT2D eigenvalue weighted by Crippen LogP contribution is -2.44. The van der Waals surface area contributed by atoms with E-state index in [0.29, 0.717) is 18.3 Å². The van der Waals surface area contributed by atoms with Crippen LogP contribution >= 0.6 is 0 Å². The second kappa shape index (κ2) is 5.94. The average molecular weight is 315 g/mol. The molecule has 1 unspecified atom stereocenters. The van der Waals surface area contributed by atoms with Crippen LogP contribution in [0.5, 0.6) is 5.75 Å². The molecule has 0 amide bonds. The van der Waals surface area contributed by atoms with E-state index in [1.54, 1.807) is 0 Å². The Morgan fingerprint density at radius 1 is 1.30 bits per heavy atom. The topological polar surface area (TPSA) is 83.4 Å². The summed E-state index contributed by atoms with van der Waals surface area (Å²) in [5, 5.41) is 4.05. The standard InChI is InChI=1S/C17H21N3O3/c18-17(7-3-8-17)16-19-15(23-20-16)12-4-1-5-13(10-12)22-11-14-6-2-9-21-14/h1,4-5,10,14H,2-3,6-9,11,18H2. The molecule has 1 aliphatic heterocycles. The van der Waals surface area contributed by atoms with E-state index in [1.165, 1.54) is 0 Å². The molecule has 4 rings (SSSR count). The van der Waals surface area contributed by atoms with Gasteiger partial charge in [0, 0.05) is 12.2 Å². The monoisotopic (exact) mass is 315 g/mol. The Hall–Kier alpha value is -1.92. The Bertz CT molecular complexity index is 675. The van der Waals surface area contributed by atoms with E-state index in [-0.39, 0.29) is 6.10 Å². The van der Waals surface area contributed by atoms with Crippen LogP contribution < -0.4 is 10.5 Å². The normalized spacial score (nSPS) is 22.7. The van der Waals surface area contributed by atoms with E-state index >= 15 is 0 Å². The Balaban J connectivity index is 1.47. The van der Waals surface area contributed by atoms with Gasteiger partial charge in [-0.1, -0.05) is 11.2 Å². The zero-order chi connectivity index (χ0) is 15.7. The molecule has 1 aromatic carbocycles. The van der Waals surface area contributed by atoms with Gasteiger partial charge in [-0.05, 0) is 50.3 Å². The zero-order valence-corrected chi connectivity index (χ0v) is 13.0. The minimum absolute atomic E-state index is 0.198. The molecule has 23 heavy (non-hydrogen) atoms. The Kier molecular flexibility index (Phi) is 3.79. The third kappa shape index (κ3) is 2.96. The number of nitrogens with zero attached hydrogens (tertiary/aromatic N) is 2. The summed E-state index contributed by atoms with van der Waals surface area (Å²) in [6, 6.07) is 7.69. The van der Waals surface area contributed by atoms with Crippen molar-refractivity contribution in [1.82, 2.24) is 10.1 Å². The highest BCUT2D eigenvalue weighted by Gasteiger charge is 2.39. The van der Waals surface area contributed by atoms with E-state index in [9.17, 15) is 0 Å². The van der Waals surface area contributed by atoms with E-state index in [0.717, 1.165) is 50.0 Å². The lowest BCUT2D eigenvalue weighted by atomic mass is 9.77. The molecule has 2 aromatic rings. The smallest absolute Gasteiger partial charge is 0.258 e. The molecule has 6 nitrogen and oxygen atoms in total. The Morgan fingerprint density at radius 3 is 2.96 bits per heavy atom. The van der Waals surface area contributed by atoms with Gasteiger partial charge >= 0.3 is 0 Å². The summed E-state index contributed by atoms with van der Waals surface area (Å²) in [5.74, 6) is 1.87. The molecule has 1 aliphatic carbocycles. The first-order valence-corrected chi connectivity index (χ1v) is 8.21. The molecular formula is C17H21N3O3. The average Bonchev–Trinajstić information content (AvgIpc) is 3.22. The van der Waals surface area contributed by atoms with Crippen LogP contribution in [0.2, 0.25) is 0 Å². The van der Waals surface area contributed by atoms with Crippen molar-refractivity contribution in [3.63, 3.8) is 0 Å². The molecule has 6 heteroatoms. The Morgan fingerprint density at radius 2 is 2.22 bits per heavy atom. The summed E-state index contributed by atoms with van der Waals surface area (Å²) >= 11 is 0. The van der Waals surface area contributed by atoms with Gasteiger partial charge in [0.2, 0.25) is 0 Å². The van der Waals surface area contributed by atoms with Gasteiger partial charge in [0.05, 0.1) is 11.6 Å². The summed E-state index contributed by atoms with van der Waals surface area (Å²) in [7, 11) is 0. The first-order valence-electron chi connectivity index (χ1n) is 8.21. The molecule has 0 radical (unpaired) electrons. The third-order valence-electron chi connectivity index (χ3n) is 4.66. The number of hydrogen-bond donors (Lipinski definition) is 1. The molecule has 1 aromatic heterocycles. The first kappa shape index (κ1) is 14.7. The van der Waals surface area contributed by atoms with Gasteiger partial charge in [0.1, 0.15) is 12.4 Å². The predicted molar refractivity (Wildman–Crippen MR) is 83.9 cm³/mol.